The predicted molar refractivity (Wildman–Crippen MR) is 49.9 cm³/mol. The third kappa shape index (κ3) is 4.02. The molecule has 0 bridgehead atoms. The number of oxime groups is 1. The van der Waals surface area contributed by atoms with Crippen molar-refractivity contribution in [1.29, 1.82) is 0 Å². The highest BCUT2D eigenvalue weighted by molar-refractivity contribution is 9.09. The smallest absolute Gasteiger partial charge is 0.364 e. The van der Waals surface area contributed by atoms with Gasteiger partial charge < -0.3 is 9.57 Å². The maximum absolute atomic E-state index is 11.1. The van der Waals surface area contributed by atoms with Crippen molar-refractivity contribution in [2.75, 3.05) is 19.0 Å². The normalized spacial score (nSPS) is 10.8. The van der Waals surface area contributed by atoms with Gasteiger partial charge in [-0.3, -0.25) is 4.79 Å². The summed E-state index contributed by atoms with van der Waals surface area (Å²) in [7, 11) is 1.25. The number of nitrogens with zero attached hydrogens (tertiary/aromatic N) is 1. The standard InChI is InChI=1S/C7H10BrNO4/c1-3-13-7(11)6(9-12-2)5(10)4-8/h3-4H2,1-2H3/b9-6-. The summed E-state index contributed by atoms with van der Waals surface area (Å²) in [6.45, 7) is 1.83. The Balaban J connectivity index is 4.52. The number of alkyl halides is 1. The topological polar surface area (TPSA) is 65.0 Å². The number of carbonyl (C=O) groups excluding carboxylic acids is 2. The minimum atomic E-state index is -0.770. The highest BCUT2D eigenvalue weighted by Crippen LogP contribution is 1.92. The molecular formula is C7H10BrNO4. The van der Waals surface area contributed by atoms with Crippen LogP contribution in [0.2, 0.25) is 0 Å². The third-order valence-corrected chi connectivity index (χ3v) is 1.55. The lowest BCUT2D eigenvalue weighted by Crippen LogP contribution is -2.27. The molecule has 0 aromatic rings. The summed E-state index contributed by atoms with van der Waals surface area (Å²) in [6.07, 6.45) is 0. The lowest BCUT2D eigenvalue weighted by molar-refractivity contribution is -0.135. The Bertz CT molecular complexity index is 227. The van der Waals surface area contributed by atoms with Crippen molar-refractivity contribution in [1.82, 2.24) is 0 Å². The van der Waals surface area contributed by atoms with Crippen LogP contribution in [-0.4, -0.2) is 36.5 Å². The molecule has 6 heteroatoms. The molecule has 0 radical (unpaired) electrons. The summed E-state index contributed by atoms with van der Waals surface area (Å²) in [5, 5.41) is 3.28. The zero-order valence-corrected chi connectivity index (χ0v) is 8.96. The third-order valence-electron chi connectivity index (χ3n) is 1.04. The second-order valence-corrected chi connectivity index (χ2v) is 2.46. The van der Waals surface area contributed by atoms with Crippen molar-refractivity contribution in [3.63, 3.8) is 0 Å². The number of ether oxygens (including phenoxy) is 1. The Labute approximate surface area is 84.2 Å². The molecule has 0 rings (SSSR count). The van der Waals surface area contributed by atoms with Crippen LogP contribution in [0.1, 0.15) is 6.92 Å². The number of hydrogen-bond acceptors (Lipinski definition) is 5. The van der Waals surface area contributed by atoms with E-state index in [9.17, 15) is 9.59 Å². The highest BCUT2D eigenvalue weighted by Gasteiger charge is 2.21. The van der Waals surface area contributed by atoms with Gasteiger partial charge in [-0.1, -0.05) is 21.1 Å². The van der Waals surface area contributed by atoms with Gasteiger partial charge in [0.2, 0.25) is 11.5 Å². The highest BCUT2D eigenvalue weighted by atomic mass is 79.9. The van der Waals surface area contributed by atoms with Crippen LogP contribution in [0.4, 0.5) is 0 Å². The average Bonchev–Trinajstić information content (AvgIpc) is 2.13. The first-order chi connectivity index (χ1) is 6.17. The molecule has 0 aliphatic heterocycles. The predicted octanol–water partition coefficient (Wildman–Crippen LogP) is 0.516. The van der Waals surface area contributed by atoms with Gasteiger partial charge in [0, 0.05) is 0 Å². The first-order valence-electron chi connectivity index (χ1n) is 3.54. The van der Waals surface area contributed by atoms with E-state index in [2.05, 4.69) is 30.7 Å². The van der Waals surface area contributed by atoms with E-state index in [0.29, 0.717) is 0 Å². The molecule has 0 aromatic carbocycles. The number of esters is 1. The molecule has 0 aliphatic rings. The second-order valence-electron chi connectivity index (χ2n) is 1.90. The second kappa shape index (κ2) is 6.59. The maximum Gasteiger partial charge on any atom is 0.364 e. The summed E-state index contributed by atoms with van der Waals surface area (Å²) in [5.74, 6) is -1.24. The van der Waals surface area contributed by atoms with Crippen molar-refractivity contribution in [2.24, 2.45) is 5.16 Å². The van der Waals surface area contributed by atoms with Gasteiger partial charge in [-0.05, 0) is 6.92 Å². The molecule has 0 aromatic heterocycles. The number of rotatable bonds is 5. The van der Waals surface area contributed by atoms with Crippen molar-refractivity contribution < 1.29 is 19.2 Å². The molecule has 0 amide bonds. The Morgan fingerprint density at radius 2 is 2.08 bits per heavy atom. The van der Waals surface area contributed by atoms with E-state index in [0.717, 1.165) is 0 Å². The van der Waals surface area contributed by atoms with E-state index in [-0.39, 0.29) is 17.6 Å². The Kier molecular flexibility index (Phi) is 6.13. The van der Waals surface area contributed by atoms with E-state index >= 15 is 0 Å². The van der Waals surface area contributed by atoms with Gasteiger partial charge in [0.15, 0.2) is 0 Å². The molecule has 74 valence electrons. The summed E-state index contributed by atoms with van der Waals surface area (Å²) in [4.78, 5) is 26.5. The first-order valence-corrected chi connectivity index (χ1v) is 4.66. The molecule has 0 saturated heterocycles. The van der Waals surface area contributed by atoms with Crippen LogP contribution in [0.25, 0.3) is 0 Å². The Morgan fingerprint density at radius 1 is 1.46 bits per heavy atom. The fourth-order valence-corrected chi connectivity index (χ4v) is 0.822. The Hall–Kier alpha value is -0.910. The van der Waals surface area contributed by atoms with Crippen molar-refractivity contribution in [3.05, 3.63) is 0 Å². The molecule has 0 atom stereocenters. The van der Waals surface area contributed by atoms with E-state index < -0.39 is 11.8 Å². The van der Waals surface area contributed by atoms with Gasteiger partial charge >= 0.3 is 5.97 Å². The number of ketones is 1. The SMILES string of the molecule is CCOC(=O)/C(=N\OC)C(=O)CBr. The lowest BCUT2D eigenvalue weighted by atomic mass is 10.3. The Morgan fingerprint density at radius 3 is 2.46 bits per heavy atom. The molecule has 0 unspecified atom stereocenters. The molecule has 0 aliphatic carbocycles. The van der Waals surface area contributed by atoms with Crippen LogP contribution in [-0.2, 0) is 19.2 Å². The molecular weight excluding hydrogens is 242 g/mol. The van der Waals surface area contributed by atoms with Crippen LogP contribution >= 0.6 is 15.9 Å². The van der Waals surface area contributed by atoms with Crippen molar-refractivity contribution in [2.45, 2.75) is 6.92 Å². The summed E-state index contributed by atoms with van der Waals surface area (Å²) in [5.41, 5.74) is -0.332. The van der Waals surface area contributed by atoms with E-state index in [1.54, 1.807) is 6.92 Å². The van der Waals surface area contributed by atoms with Gasteiger partial charge in [-0.2, -0.15) is 0 Å². The zero-order valence-electron chi connectivity index (χ0n) is 7.37. The summed E-state index contributed by atoms with van der Waals surface area (Å²) < 4.78 is 4.59. The van der Waals surface area contributed by atoms with Crippen LogP contribution in [0.5, 0.6) is 0 Å². The first kappa shape index (κ1) is 12.1. The van der Waals surface area contributed by atoms with Crippen LogP contribution < -0.4 is 0 Å². The van der Waals surface area contributed by atoms with Gasteiger partial charge in [0.25, 0.3) is 0 Å². The molecule has 0 heterocycles. The van der Waals surface area contributed by atoms with Crippen LogP contribution in [0, 0.1) is 0 Å². The fourth-order valence-electron chi connectivity index (χ4n) is 0.556. The lowest BCUT2D eigenvalue weighted by Gasteiger charge is -2.01. The van der Waals surface area contributed by atoms with Gasteiger partial charge in [-0.25, -0.2) is 4.79 Å². The molecule has 0 saturated carbocycles. The molecule has 5 nitrogen and oxygen atoms in total. The zero-order chi connectivity index (χ0) is 10.3. The van der Waals surface area contributed by atoms with E-state index in [1.807, 2.05) is 0 Å². The minimum absolute atomic E-state index is 0.00794. The van der Waals surface area contributed by atoms with Gasteiger partial charge in [0.05, 0.1) is 11.9 Å². The van der Waals surface area contributed by atoms with Crippen LogP contribution in [0.3, 0.4) is 0 Å². The van der Waals surface area contributed by atoms with E-state index in [4.69, 9.17) is 0 Å². The molecule has 0 fully saturated rings. The quantitative estimate of drug-likeness (QED) is 0.235. The minimum Gasteiger partial charge on any atom is -0.461 e. The van der Waals surface area contributed by atoms with Gasteiger partial charge in [-0.15, -0.1) is 0 Å². The van der Waals surface area contributed by atoms with E-state index in [1.165, 1.54) is 7.11 Å². The van der Waals surface area contributed by atoms with Crippen molar-refractivity contribution in [3.8, 4) is 0 Å². The number of halogens is 1. The monoisotopic (exact) mass is 251 g/mol. The fraction of sp³-hybridized carbons (Fsp3) is 0.571. The number of Topliss-reactive ketones (excluding diaryl/α,β-unsaturated/α-hetero) is 1. The summed E-state index contributed by atoms with van der Waals surface area (Å²) in [6, 6.07) is 0. The molecule has 13 heavy (non-hydrogen) atoms. The largest absolute Gasteiger partial charge is 0.461 e. The average molecular weight is 252 g/mol. The number of hydrogen-bond donors (Lipinski definition) is 0. The van der Waals surface area contributed by atoms with Crippen LogP contribution in [0.15, 0.2) is 5.16 Å². The van der Waals surface area contributed by atoms with Crippen molar-refractivity contribution >= 4 is 33.4 Å². The number of carbonyl (C=O) groups is 2. The maximum atomic E-state index is 11.1. The molecule has 0 spiro atoms. The van der Waals surface area contributed by atoms with Gasteiger partial charge in [0.1, 0.15) is 7.11 Å². The summed E-state index contributed by atoms with van der Waals surface area (Å²) >= 11 is 2.91. The molecule has 0 N–H and O–H groups in total.